The second-order valence-electron chi connectivity index (χ2n) is 10.2. The number of alkyl halides is 3. The molecule has 3 heterocycles. The number of fused-ring (bicyclic) bond motifs is 10. The molecule has 1 unspecified atom stereocenters. The Bertz CT molecular complexity index is 1610. The van der Waals surface area contributed by atoms with E-state index in [1.165, 1.54) is 13.1 Å². The quantitative estimate of drug-likeness (QED) is 0.369. The zero-order valence-corrected chi connectivity index (χ0v) is 22.6. The second-order valence-corrected chi connectivity index (χ2v) is 10.2. The molecule has 0 aliphatic carbocycles. The molecule has 40 heavy (non-hydrogen) atoms. The molecule has 0 spiro atoms. The first-order chi connectivity index (χ1) is 19.1. The number of nitrogens with one attached hydrogen (secondary N) is 1. The van der Waals surface area contributed by atoms with E-state index in [2.05, 4.69) is 5.32 Å². The molecule has 210 valence electrons. The van der Waals surface area contributed by atoms with E-state index in [4.69, 9.17) is 4.74 Å². The van der Waals surface area contributed by atoms with Crippen molar-refractivity contribution < 1.29 is 27.5 Å². The Morgan fingerprint density at radius 1 is 1.05 bits per heavy atom. The zero-order chi connectivity index (χ0) is 28.6. The van der Waals surface area contributed by atoms with Crippen LogP contribution in [0.4, 0.5) is 13.2 Å². The van der Waals surface area contributed by atoms with Gasteiger partial charge in [0.25, 0.3) is 5.91 Å². The summed E-state index contributed by atoms with van der Waals surface area (Å²) in [6.07, 6.45) is -0.0228. The molecule has 0 saturated heterocycles. The van der Waals surface area contributed by atoms with Crippen molar-refractivity contribution in [3.05, 3.63) is 71.5 Å². The standard InChI is InChI=1S/C30H31F3N4O3/c1-34-29(39)28-24-17-37(26-7-5-4-6-21(24)26)12-13-40-20(15-35(2)3)10-11-36-16-23(25(28)18-38)22-9-8-19(14-27(22)36)30(31,32)33/h4-9,14,16-18,20H,10-13,15H2,1-3H3,(H,34,39)/b28-25+. The number of carbonyl (C=O) groups is 2. The predicted molar refractivity (Wildman–Crippen MR) is 149 cm³/mol. The molecule has 1 aliphatic heterocycles. The monoisotopic (exact) mass is 552 g/mol. The number of amides is 1. The van der Waals surface area contributed by atoms with Gasteiger partial charge in [-0.05, 0) is 38.7 Å². The van der Waals surface area contributed by atoms with Crippen LogP contribution in [-0.2, 0) is 33.6 Å². The molecule has 5 rings (SSSR count). The third-order valence-corrected chi connectivity index (χ3v) is 7.35. The average Bonchev–Trinajstić information content (AvgIpc) is 3.46. The lowest BCUT2D eigenvalue weighted by atomic mass is 9.94. The largest absolute Gasteiger partial charge is 0.416 e. The number of halogens is 3. The molecular formula is C30H31F3N4O3. The third-order valence-electron chi connectivity index (χ3n) is 7.35. The fourth-order valence-electron chi connectivity index (χ4n) is 5.51. The van der Waals surface area contributed by atoms with Crippen molar-refractivity contribution in [2.45, 2.75) is 31.8 Å². The molecule has 4 aromatic rings. The molecule has 2 aromatic heterocycles. The van der Waals surface area contributed by atoms with Crippen LogP contribution in [0.2, 0.25) is 0 Å². The van der Waals surface area contributed by atoms with Crippen LogP contribution in [0.5, 0.6) is 0 Å². The SMILES string of the molecule is CNC(=O)/C1=C(\C=O)c2cn(c3cc(C(F)(F)F)ccc23)CCC(CN(C)C)OCCn2cc1c1ccccc12. The maximum Gasteiger partial charge on any atom is 0.416 e. The molecule has 1 atom stereocenters. The number of carbonyl (C=O) groups excluding carboxylic acids is 2. The van der Waals surface area contributed by atoms with E-state index >= 15 is 0 Å². The van der Waals surface area contributed by atoms with Gasteiger partial charge < -0.3 is 24.1 Å². The number of aldehydes is 1. The van der Waals surface area contributed by atoms with Crippen molar-refractivity contribution in [2.24, 2.45) is 0 Å². The summed E-state index contributed by atoms with van der Waals surface area (Å²) in [4.78, 5) is 28.2. The minimum Gasteiger partial charge on any atom is -0.375 e. The minimum atomic E-state index is -4.53. The number of hydrogen-bond donors (Lipinski definition) is 1. The van der Waals surface area contributed by atoms with Gasteiger partial charge in [0, 0.05) is 77.6 Å². The van der Waals surface area contributed by atoms with E-state index in [1.807, 2.05) is 54.0 Å². The Kier molecular flexibility index (Phi) is 7.57. The van der Waals surface area contributed by atoms with E-state index in [0.29, 0.717) is 61.0 Å². The number of para-hydroxylation sites is 1. The summed E-state index contributed by atoms with van der Waals surface area (Å²) in [5.74, 6) is -0.466. The number of allylic oxidation sites excluding steroid dienone is 1. The third kappa shape index (κ3) is 5.16. The summed E-state index contributed by atoms with van der Waals surface area (Å²) in [5, 5.41) is 3.89. The first-order valence-electron chi connectivity index (χ1n) is 13.1. The lowest BCUT2D eigenvalue weighted by Crippen LogP contribution is -2.30. The maximum absolute atomic E-state index is 13.7. The zero-order valence-electron chi connectivity index (χ0n) is 22.6. The molecular weight excluding hydrogens is 521 g/mol. The average molecular weight is 553 g/mol. The molecule has 0 saturated carbocycles. The van der Waals surface area contributed by atoms with E-state index in [-0.39, 0.29) is 17.3 Å². The summed E-state index contributed by atoms with van der Waals surface area (Å²) in [5.41, 5.74) is 1.67. The molecule has 1 aliphatic rings. The number of aryl methyl sites for hydroxylation is 1. The van der Waals surface area contributed by atoms with Crippen LogP contribution in [0, 0.1) is 0 Å². The Balaban J connectivity index is 1.83. The molecule has 4 bridgehead atoms. The Hall–Kier alpha value is -3.89. The van der Waals surface area contributed by atoms with E-state index in [1.54, 1.807) is 10.8 Å². The fourth-order valence-corrected chi connectivity index (χ4v) is 5.51. The Labute approximate surface area is 229 Å². The van der Waals surface area contributed by atoms with Crippen LogP contribution < -0.4 is 5.32 Å². The van der Waals surface area contributed by atoms with Gasteiger partial charge in [0.05, 0.1) is 23.8 Å². The summed E-state index contributed by atoms with van der Waals surface area (Å²) in [6, 6.07) is 11.1. The van der Waals surface area contributed by atoms with Gasteiger partial charge in [-0.25, -0.2) is 0 Å². The van der Waals surface area contributed by atoms with Crippen LogP contribution in [0.3, 0.4) is 0 Å². The van der Waals surface area contributed by atoms with Crippen LogP contribution in [-0.4, -0.2) is 66.6 Å². The highest BCUT2D eigenvalue weighted by molar-refractivity contribution is 6.38. The van der Waals surface area contributed by atoms with Crippen molar-refractivity contribution in [2.75, 3.05) is 34.3 Å². The summed E-state index contributed by atoms with van der Waals surface area (Å²) >= 11 is 0. The van der Waals surface area contributed by atoms with E-state index in [0.717, 1.165) is 23.0 Å². The first-order valence-corrected chi connectivity index (χ1v) is 13.1. The van der Waals surface area contributed by atoms with E-state index in [9.17, 15) is 22.8 Å². The molecule has 1 amide bonds. The lowest BCUT2D eigenvalue weighted by molar-refractivity contribution is -0.137. The number of likely N-dealkylation sites (N-methyl/N-ethyl adjacent to an activating group) is 2. The van der Waals surface area contributed by atoms with Crippen molar-refractivity contribution in [3.8, 4) is 0 Å². The van der Waals surface area contributed by atoms with Crippen LogP contribution in [0.1, 0.15) is 23.1 Å². The second kappa shape index (κ2) is 10.9. The van der Waals surface area contributed by atoms with Crippen molar-refractivity contribution in [1.82, 2.24) is 19.4 Å². The van der Waals surface area contributed by atoms with Gasteiger partial charge in [-0.2, -0.15) is 13.2 Å². The van der Waals surface area contributed by atoms with Crippen molar-refractivity contribution >= 4 is 45.1 Å². The molecule has 2 aromatic carbocycles. The highest BCUT2D eigenvalue weighted by Crippen LogP contribution is 2.38. The molecule has 0 fully saturated rings. The molecule has 7 nitrogen and oxygen atoms in total. The molecule has 1 N–H and O–H groups in total. The van der Waals surface area contributed by atoms with E-state index < -0.39 is 17.6 Å². The number of ether oxygens (including phenoxy) is 1. The van der Waals surface area contributed by atoms with Gasteiger partial charge in [-0.3, -0.25) is 9.59 Å². The van der Waals surface area contributed by atoms with Crippen molar-refractivity contribution in [3.63, 3.8) is 0 Å². The Morgan fingerprint density at radius 3 is 2.45 bits per heavy atom. The van der Waals surface area contributed by atoms with Crippen LogP contribution in [0.15, 0.2) is 54.9 Å². The Morgan fingerprint density at radius 2 is 1.75 bits per heavy atom. The number of nitrogens with zero attached hydrogens (tertiary/aromatic N) is 3. The first kappa shape index (κ1) is 27.7. The van der Waals surface area contributed by atoms with Crippen LogP contribution in [0.25, 0.3) is 33.0 Å². The van der Waals surface area contributed by atoms with Gasteiger partial charge in [-0.15, -0.1) is 0 Å². The van der Waals surface area contributed by atoms with Crippen LogP contribution >= 0.6 is 0 Å². The maximum atomic E-state index is 13.7. The molecule has 0 radical (unpaired) electrons. The normalized spacial score (nSPS) is 18.7. The van der Waals surface area contributed by atoms with Gasteiger partial charge in [0.2, 0.25) is 0 Å². The van der Waals surface area contributed by atoms with Gasteiger partial charge >= 0.3 is 6.18 Å². The van der Waals surface area contributed by atoms with Gasteiger partial charge in [0.1, 0.15) is 0 Å². The number of benzene rings is 2. The lowest BCUT2D eigenvalue weighted by Gasteiger charge is -2.22. The van der Waals surface area contributed by atoms with Gasteiger partial charge in [0.15, 0.2) is 6.29 Å². The number of rotatable bonds is 4. The number of aromatic nitrogens is 2. The fraction of sp³-hybridized carbons (Fsp3) is 0.333. The highest BCUT2D eigenvalue weighted by atomic mass is 19.4. The number of hydrogen-bond acceptors (Lipinski definition) is 4. The highest BCUT2D eigenvalue weighted by Gasteiger charge is 2.32. The summed E-state index contributed by atoms with van der Waals surface area (Å²) in [6.45, 7) is 1.91. The predicted octanol–water partition coefficient (Wildman–Crippen LogP) is 4.82. The van der Waals surface area contributed by atoms with Crippen molar-refractivity contribution in [1.29, 1.82) is 0 Å². The summed E-state index contributed by atoms with van der Waals surface area (Å²) < 4.78 is 51.1. The molecule has 10 heteroatoms. The smallest absolute Gasteiger partial charge is 0.375 e. The summed E-state index contributed by atoms with van der Waals surface area (Å²) in [7, 11) is 5.38. The minimum absolute atomic E-state index is 0.115. The van der Waals surface area contributed by atoms with Gasteiger partial charge in [-0.1, -0.05) is 24.3 Å². The topological polar surface area (TPSA) is 68.5 Å².